The van der Waals surface area contributed by atoms with E-state index in [0.717, 1.165) is 12.1 Å². The van der Waals surface area contributed by atoms with Crippen LogP contribution in [0.25, 0.3) is 0 Å². The minimum Gasteiger partial charge on any atom is -0.480 e. The molecule has 1 aromatic carbocycles. The highest BCUT2D eigenvalue weighted by molar-refractivity contribution is 5.74. The fourth-order valence-electron chi connectivity index (χ4n) is 1.71. The first-order chi connectivity index (χ1) is 8.15. The summed E-state index contributed by atoms with van der Waals surface area (Å²) in [4.78, 5) is 12.8. The van der Waals surface area contributed by atoms with Crippen molar-refractivity contribution in [3.63, 3.8) is 0 Å². The van der Waals surface area contributed by atoms with E-state index in [1.807, 2.05) is 42.2 Å². The van der Waals surface area contributed by atoms with Gasteiger partial charge in [-0.3, -0.25) is 4.79 Å². The van der Waals surface area contributed by atoms with Crippen LogP contribution in [0.5, 0.6) is 0 Å². The Morgan fingerprint density at radius 2 is 2.06 bits per heavy atom. The SMILES string of the molecule is COCCC(C)N(CC(=O)O)c1ccccc1. The zero-order chi connectivity index (χ0) is 12.7. The van der Waals surface area contributed by atoms with E-state index < -0.39 is 5.97 Å². The van der Waals surface area contributed by atoms with Gasteiger partial charge in [-0.05, 0) is 25.5 Å². The molecule has 0 radical (unpaired) electrons. The van der Waals surface area contributed by atoms with Crippen LogP contribution in [0, 0.1) is 0 Å². The summed E-state index contributed by atoms with van der Waals surface area (Å²) in [5.74, 6) is -0.821. The van der Waals surface area contributed by atoms with Gasteiger partial charge in [0, 0.05) is 25.4 Å². The third-order valence-corrected chi connectivity index (χ3v) is 2.67. The summed E-state index contributed by atoms with van der Waals surface area (Å²) < 4.78 is 5.03. The van der Waals surface area contributed by atoms with Crippen molar-refractivity contribution in [2.45, 2.75) is 19.4 Å². The molecule has 1 unspecified atom stereocenters. The Morgan fingerprint density at radius 1 is 1.41 bits per heavy atom. The number of nitrogens with zero attached hydrogens (tertiary/aromatic N) is 1. The van der Waals surface area contributed by atoms with Gasteiger partial charge < -0.3 is 14.7 Å². The molecule has 0 saturated heterocycles. The molecule has 17 heavy (non-hydrogen) atoms. The fourth-order valence-corrected chi connectivity index (χ4v) is 1.71. The molecular formula is C13H19NO3. The maximum atomic E-state index is 10.9. The average molecular weight is 237 g/mol. The number of benzene rings is 1. The van der Waals surface area contributed by atoms with E-state index in [1.54, 1.807) is 7.11 Å². The molecule has 0 fully saturated rings. The van der Waals surface area contributed by atoms with Gasteiger partial charge in [0.05, 0.1) is 0 Å². The largest absolute Gasteiger partial charge is 0.480 e. The first kappa shape index (κ1) is 13.5. The lowest BCUT2D eigenvalue weighted by Gasteiger charge is -2.29. The molecule has 0 bridgehead atoms. The quantitative estimate of drug-likeness (QED) is 0.788. The molecule has 0 spiro atoms. The smallest absolute Gasteiger partial charge is 0.323 e. The van der Waals surface area contributed by atoms with Crippen molar-refractivity contribution in [1.29, 1.82) is 0 Å². The Bertz CT molecular complexity index is 340. The monoisotopic (exact) mass is 237 g/mol. The number of hydrogen-bond acceptors (Lipinski definition) is 3. The van der Waals surface area contributed by atoms with Gasteiger partial charge in [0.25, 0.3) is 0 Å². The van der Waals surface area contributed by atoms with E-state index in [4.69, 9.17) is 9.84 Å². The highest BCUT2D eigenvalue weighted by Crippen LogP contribution is 2.17. The second-order valence-corrected chi connectivity index (χ2v) is 3.99. The first-order valence-electron chi connectivity index (χ1n) is 5.67. The predicted octanol–water partition coefficient (Wildman–Crippen LogP) is 2.00. The van der Waals surface area contributed by atoms with E-state index in [1.165, 1.54) is 0 Å². The lowest BCUT2D eigenvalue weighted by atomic mass is 10.1. The van der Waals surface area contributed by atoms with Crippen molar-refractivity contribution in [2.24, 2.45) is 0 Å². The van der Waals surface area contributed by atoms with Gasteiger partial charge in [-0.2, -0.15) is 0 Å². The fraction of sp³-hybridized carbons (Fsp3) is 0.462. The zero-order valence-corrected chi connectivity index (χ0v) is 10.3. The standard InChI is InChI=1S/C13H19NO3/c1-11(8-9-17-2)14(10-13(15)16)12-6-4-3-5-7-12/h3-7,11H,8-10H2,1-2H3,(H,15,16). The molecule has 0 heterocycles. The summed E-state index contributed by atoms with van der Waals surface area (Å²) in [5, 5.41) is 8.95. The average Bonchev–Trinajstić information content (AvgIpc) is 2.34. The van der Waals surface area contributed by atoms with E-state index in [0.29, 0.717) is 6.61 Å². The predicted molar refractivity (Wildman–Crippen MR) is 67.4 cm³/mol. The molecule has 1 aromatic rings. The van der Waals surface area contributed by atoms with Crippen molar-refractivity contribution in [3.05, 3.63) is 30.3 Å². The molecule has 4 nitrogen and oxygen atoms in total. The lowest BCUT2D eigenvalue weighted by molar-refractivity contribution is -0.135. The summed E-state index contributed by atoms with van der Waals surface area (Å²) in [6, 6.07) is 9.72. The van der Waals surface area contributed by atoms with Crippen molar-refractivity contribution >= 4 is 11.7 Å². The second-order valence-electron chi connectivity index (χ2n) is 3.99. The number of hydrogen-bond donors (Lipinski definition) is 1. The van der Waals surface area contributed by atoms with Crippen LogP contribution in [0.15, 0.2) is 30.3 Å². The van der Waals surface area contributed by atoms with E-state index in [9.17, 15) is 4.79 Å². The van der Waals surface area contributed by atoms with Crippen LogP contribution in [0.1, 0.15) is 13.3 Å². The summed E-state index contributed by atoms with van der Waals surface area (Å²) in [6.07, 6.45) is 0.804. The maximum Gasteiger partial charge on any atom is 0.323 e. The topological polar surface area (TPSA) is 49.8 Å². The summed E-state index contributed by atoms with van der Waals surface area (Å²) in [6.45, 7) is 2.65. The van der Waals surface area contributed by atoms with E-state index >= 15 is 0 Å². The van der Waals surface area contributed by atoms with Crippen LogP contribution in [-0.2, 0) is 9.53 Å². The lowest BCUT2D eigenvalue weighted by Crippen LogP contribution is -2.38. The third-order valence-electron chi connectivity index (χ3n) is 2.67. The van der Waals surface area contributed by atoms with Gasteiger partial charge in [-0.15, -0.1) is 0 Å². The molecule has 94 valence electrons. The van der Waals surface area contributed by atoms with Crippen LogP contribution >= 0.6 is 0 Å². The van der Waals surface area contributed by atoms with Crippen LogP contribution < -0.4 is 4.90 Å². The highest BCUT2D eigenvalue weighted by atomic mass is 16.5. The molecule has 1 atom stereocenters. The number of rotatable bonds is 7. The number of carboxylic acids is 1. The van der Waals surface area contributed by atoms with Gasteiger partial charge in [0.15, 0.2) is 0 Å². The highest BCUT2D eigenvalue weighted by Gasteiger charge is 2.16. The summed E-state index contributed by atoms with van der Waals surface area (Å²) >= 11 is 0. The zero-order valence-electron chi connectivity index (χ0n) is 10.3. The van der Waals surface area contributed by atoms with E-state index in [2.05, 4.69) is 0 Å². The van der Waals surface area contributed by atoms with Crippen LogP contribution in [-0.4, -0.2) is 37.4 Å². The number of carbonyl (C=O) groups is 1. The van der Waals surface area contributed by atoms with Gasteiger partial charge >= 0.3 is 5.97 Å². The Kier molecular flexibility index (Phi) is 5.49. The maximum absolute atomic E-state index is 10.9. The van der Waals surface area contributed by atoms with Crippen LogP contribution in [0.3, 0.4) is 0 Å². The molecule has 0 aliphatic heterocycles. The number of anilines is 1. The number of carboxylic acid groups (broad SMARTS) is 1. The van der Waals surface area contributed by atoms with Gasteiger partial charge in [-0.1, -0.05) is 18.2 Å². The number of methoxy groups -OCH3 is 1. The molecule has 4 heteroatoms. The number of para-hydroxylation sites is 1. The Morgan fingerprint density at radius 3 is 2.59 bits per heavy atom. The molecule has 0 aliphatic rings. The van der Waals surface area contributed by atoms with Crippen molar-refractivity contribution < 1.29 is 14.6 Å². The molecule has 1 N–H and O–H groups in total. The van der Waals surface area contributed by atoms with Crippen molar-refractivity contribution in [3.8, 4) is 0 Å². The Hall–Kier alpha value is -1.55. The molecule has 0 aliphatic carbocycles. The normalized spacial score (nSPS) is 12.1. The number of ether oxygens (including phenoxy) is 1. The van der Waals surface area contributed by atoms with Gasteiger partial charge in [0.2, 0.25) is 0 Å². The molecule has 0 amide bonds. The Balaban J connectivity index is 2.76. The number of aliphatic carboxylic acids is 1. The molecule has 1 rings (SSSR count). The van der Waals surface area contributed by atoms with Gasteiger partial charge in [0.1, 0.15) is 6.54 Å². The first-order valence-corrected chi connectivity index (χ1v) is 5.67. The Labute approximate surface area is 102 Å². The van der Waals surface area contributed by atoms with Crippen molar-refractivity contribution in [2.75, 3.05) is 25.2 Å². The minimum atomic E-state index is -0.821. The van der Waals surface area contributed by atoms with Crippen LogP contribution in [0.2, 0.25) is 0 Å². The molecule has 0 aromatic heterocycles. The molecular weight excluding hydrogens is 218 g/mol. The van der Waals surface area contributed by atoms with Crippen LogP contribution in [0.4, 0.5) is 5.69 Å². The molecule has 0 saturated carbocycles. The minimum absolute atomic E-state index is 0.00882. The van der Waals surface area contributed by atoms with Gasteiger partial charge in [-0.25, -0.2) is 0 Å². The second kappa shape index (κ2) is 6.91. The summed E-state index contributed by atoms with van der Waals surface area (Å²) in [7, 11) is 1.65. The van der Waals surface area contributed by atoms with E-state index in [-0.39, 0.29) is 12.6 Å². The summed E-state index contributed by atoms with van der Waals surface area (Å²) in [5.41, 5.74) is 0.929. The van der Waals surface area contributed by atoms with Crippen molar-refractivity contribution in [1.82, 2.24) is 0 Å². The third kappa shape index (κ3) is 4.44.